The molecule has 34 heavy (non-hydrogen) atoms. The minimum atomic E-state index is -4.29. The Morgan fingerprint density at radius 2 is 1.68 bits per heavy atom. The highest BCUT2D eigenvalue weighted by Crippen LogP contribution is 2.40. The van der Waals surface area contributed by atoms with Crippen molar-refractivity contribution < 1.29 is 27.1 Å². The Hall–Kier alpha value is -3.98. The average Bonchev–Trinajstić information content (AvgIpc) is 2.83. The van der Waals surface area contributed by atoms with Gasteiger partial charge in [0.2, 0.25) is 5.91 Å². The van der Waals surface area contributed by atoms with Crippen LogP contribution in [0.1, 0.15) is 16.7 Å². The molecule has 0 aromatic heterocycles. The highest BCUT2D eigenvalue weighted by Gasteiger charge is 2.41. The fraction of sp³-hybridized carbons (Fsp3) is 0.120. The Bertz CT molecular complexity index is 1420. The van der Waals surface area contributed by atoms with E-state index in [9.17, 15) is 22.4 Å². The SMILES string of the molecule is COC(=O)C1=C(c2ccccc2)c2ccccc2S(=O)(=O)N1CC(=O)Nc1cc(F)ccc1C. The highest BCUT2D eigenvalue weighted by molar-refractivity contribution is 7.89. The molecule has 0 saturated heterocycles. The number of aryl methyl sites for hydroxylation is 1. The van der Waals surface area contributed by atoms with Gasteiger partial charge in [-0.2, -0.15) is 0 Å². The van der Waals surface area contributed by atoms with E-state index in [0.717, 1.165) is 17.5 Å². The number of carbonyl (C=O) groups excluding carboxylic acids is 2. The van der Waals surface area contributed by atoms with Gasteiger partial charge in [0.15, 0.2) is 0 Å². The van der Waals surface area contributed by atoms with Crippen LogP contribution in [0.4, 0.5) is 10.1 Å². The smallest absolute Gasteiger partial charge is 0.356 e. The van der Waals surface area contributed by atoms with Gasteiger partial charge >= 0.3 is 5.97 Å². The van der Waals surface area contributed by atoms with Crippen molar-refractivity contribution in [2.75, 3.05) is 19.0 Å². The van der Waals surface area contributed by atoms with Crippen LogP contribution in [0.15, 0.2) is 83.4 Å². The van der Waals surface area contributed by atoms with Crippen LogP contribution in [0.5, 0.6) is 0 Å². The first-order valence-electron chi connectivity index (χ1n) is 10.3. The molecule has 0 spiro atoms. The summed E-state index contributed by atoms with van der Waals surface area (Å²) in [6, 6.07) is 18.9. The van der Waals surface area contributed by atoms with Gasteiger partial charge in [-0.15, -0.1) is 0 Å². The minimum Gasteiger partial charge on any atom is -0.464 e. The van der Waals surface area contributed by atoms with E-state index in [2.05, 4.69) is 5.32 Å². The lowest BCUT2D eigenvalue weighted by Gasteiger charge is -2.32. The average molecular weight is 481 g/mol. The monoisotopic (exact) mass is 480 g/mol. The van der Waals surface area contributed by atoms with Crippen molar-refractivity contribution in [2.45, 2.75) is 11.8 Å². The lowest BCUT2D eigenvalue weighted by Crippen LogP contribution is -2.43. The molecular weight excluding hydrogens is 459 g/mol. The van der Waals surface area contributed by atoms with Gasteiger partial charge in [0.05, 0.1) is 12.0 Å². The minimum absolute atomic E-state index is 0.0451. The molecule has 0 saturated carbocycles. The maximum atomic E-state index is 13.7. The first-order chi connectivity index (χ1) is 16.2. The third-order valence-corrected chi connectivity index (χ3v) is 7.22. The number of hydrogen-bond donors (Lipinski definition) is 1. The number of esters is 1. The Morgan fingerprint density at radius 1 is 1.00 bits per heavy atom. The van der Waals surface area contributed by atoms with Gasteiger partial charge in [0.25, 0.3) is 10.0 Å². The zero-order chi connectivity index (χ0) is 24.5. The molecule has 0 aliphatic carbocycles. The maximum Gasteiger partial charge on any atom is 0.356 e. The molecule has 1 amide bonds. The topological polar surface area (TPSA) is 92.8 Å². The van der Waals surface area contributed by atoms with Crippen molar-refractivity contribution in [3.8, 4) is 0 Å². The third kappa shape index (κ3) is 4.17. The molecule has 1 aliphatic heterocycles. The molecule has 7 nitrogen and oxygen atoms in total. The number of nitrogens with one attached hydrogen (secondary N) is 1. The lowest BCUT2D eigenvalue weighted by atomic mass is 9.95. The molecule has 1 aliphatic rings. The predicted octanol–water partition coefficient (Wildman–Crippen LogP) is 3.71. The largest absolute Gasteiger partial charge is 0.464 e. The standard InChI is InChI=1S/C25H21FN2O5S/c1-16-12-13-18(26)14-20(16)27-22(29)15-28-24(25(30)33-2)23(17-8-4-3-5-9-17)19-10-6-7-11-21(19)34(28,31)32/h3-14H,15H2,1-2H3,(H,27,29). The van der Waals surface area contributed by atoms with Crippen LogP contribution in [-0.4, -0.2) is 38.3 Å². The van der Waals surface area contributed by atoms with E-state index in [0.29, 0.717) is 22.3 Å². The molecule has 3 aromatic carbocycles. The number of fused-ring (bicyclic) bond motifs is 1. The van der Waals surface area contributed by atoms with E-state index >= 15 is 0 Å². The molecule has 1 heterocycles. The first kappa shape index (κ1) is 23.2. The number of carbonyl (C=O) groups is 2. The number of sulfonamides is 1. The van der Waals surface area contributed by atoms with Crippen LogP contribution in [0.25, 0.3) is 5.57 Å². The number of nitrogens with zero attached hydrogens (tertiary/aromatic N) is 1. The van der Waals surface area contributed by atoms with Crippen LogP contribution in [0, 0.1) is 12.7 Å². The zero-order valence-electron chi connectivity index (χ0n) is 18.4. The van der Waals surface area contributed by atoms with E-state index in [-0.39, 0.29) is 16.3 Å². The van der Waals surface area contributed by atoms with Crippen molar-refractivity contribution in [3.63, 3.8) is 0 Å². The van der Waals surface area contributed by atoms with Gasteiger partial charge in [0.1, 0.15) is 18.1 Å². The van der Waals surface area contributed by atoms with Gasteiger partial charge in [-0.1, -0.05) is 54.6 Å². The molecule has 9 heteroatoms. The van der Waals surface area contributed by atoms with E-state index < -0.39 is 34.3 Å². The Kier molecular flexibility index (Phi) is 6.21. The number of ether oxygens (including phenoxy) is 1. The Balaban J connectivity index is 1.87. The summed E-state index contributed by atoms with van der Waals surface area (Å²) in [6.45, 7) is 0.962. The lowest BCUT2D eigenvalue weighted by molar-refractivity contribution is -0.137. The van der Waals surface area contributed by atoms with Gasteiger partial charge in [-0.05, 0) is 36.2 Å². The summed E-state index contributed by atoms with van der Waals surface area (Å²) >= 11 is 0. The molecule has 174 valence electrons. The number of halogens is 1. The number of benzene rings is 3. The van der Waals surface area contributed by atoms with Crippen LogP contribution in [-0.2, 0) is 24.3 Å². The van der Waals surface area contributed by atoms with Crippen molar-refractivity contribution in [2.24, 2.45) is 0 Å². The summed E-state index contributed by atoms with van der Waals surface area (Å²) in [5.74, 6) is -2.21. The van der Waals surface area contributed by atoms with Crippen molar-refractivity contribution in [3.05, 3.63) is 101 Å². The molecule has 0 fully saturated rings. The van der Waals surface area contributed by atoms with Crippen LogP contribution < -0.4 is 5.32 Å². The van der Waals surface area contributed by atoms with Crippen molar-refractivity contribution in [1.82, 2.24) is 4.31 Å². The molecular formula is C25H21FN2O5S. The van der Waals surface area contributed by atoms with E-state index in [1.807, 2.05) is 0 Å². The second-order valence-electron chi connectivity index (χ2n) is 7.60. The molecule has 0 radical (unpaired) electrons. The van der Waals surface area contributed by atoms with Crippen molar-refractivity contribution in [1.29, 1.82) is 0 Å². The maximum absolute atomic E-state index is 13.7. The summed E-state index contributed by atoms with van der Waals surface area (Å²) in [5, 5.41) is 2.53. The summed E-state index contributed by atoms with van der Waals surface area (Å²) < 4.78 is 46.5. The summed E-state index contributed by atoms with van der Waals surface area (Å²) in [5.41, 5.74) is 1.75. The van der Waals surface area contributed by atoms with E-state index in [1.54, 1.807) is 55.5 Å². The second-order valence-corrected chi connectivity index (χ2v) is 9.43. The fourth-order valence-electron chi connectivity index (χ4n) is 3.80. The number of methoxy groups -OCH3 is 1. The molecule has 1 N–H and O–H groups in total. The fourth-order valence-corrected chi connectivity index (χ4v) is 5.43. The molecule has 0 atom stereocenters. The van der Waals surface area contributed by atoms with Gasteiger partial charge in [-0.25, -0.2) is 21.9 Å². The number of rotatable bonds is 5. The molecule has 4 rings (SSSR count). The quantitative estimate of drug-likeness (QED) is 0.562. The number of hydrogen-bond acceptors (Lipinski definition) is 5. The third-order valence-electron chi connectivity index (χ3n) is 5.41. The zero-order valence-corrected chi connectivity index (χ0v) is 19.2. The number of amides is 1. The first-order valence-corrected chi connectivity index (χ1v) is 11.7. The van der Waals surface area contributed by atoms with E-state index in [1.165, 1.54) is 18.2 Å². The summed E-state index contributed by atoms with van der Waals surface area (Å²) in [4.78, 5) is 25.8. The predicted molar refractivity (Wildman–Crippen MR) is 125 cm³/mol. The van der Waals surface area contributed by atoms with Crippen LogP contribution in [0.3, 0.4) is 0 Å². The molecule has 0 bridgehead atoms. The van der Waals surface area contributed by atoms with Crippen LogP contribution >= 0.6 is 0 Å². The Labute approximate surface area is 196 Å². The molecule has 0 unspecified atom stereocenters. The van der Waals surface area contributed by atoms with Crippen molar-refractivity contribution >= 4 is 33.2 Å². The van der Waals surface area contributed by atoms with E-state index in [4.69, 9.17) is 4.74 Å². The highest BCUT2D eigenvalue weighted by atomic mass is 32.2. The Morgan fingerprint density at radius 3 is 2.38 bits per heavy atom. The second kappa shape index (κ2) is 9.11. The number of anilines is 1. The van der Waals surface area contributed by atoms with Gasteiger partial charge in [-0.3, -0.25) is 4.79 Å². The summed E-state index contributed by atoms with van der Waals surface area (Å²) in [6.07, 6.45) is 0. The van der Waals surface area contributed by atoms with Crippen LogP contribution in [0.2, 0.25) is 0 Å². The normalized spacial score (nSPS) is 14.4. The van der Waals surface area contributed by atoms with Gasteiger partial charge in [0, 0.05) is 16.8 Å². The van der Waals surface area contributed by atoms with Gasteiger partial charge < -0.3 is 10.1 Å². The molecule has 3 aromatic rings. The summed E-state index contributed by atoms with van der Waals surface area (Å²) in [7, 11) is -3.16.